The van der Waals surface area contributed by atoms with Crippen LogP contribution in [0.15, 0.2) is 206 Å². The second-order valence-corrected chi connectivity index (χ2v) is 17.4. The third-order valence-corrected chi connectivity index (χ3v) is 13.9. The van der Waals surface area contributed by atoms with Gasteiger partial charge < -0.3 is 4.90 Å². The summed E-state index contributed by atoms with van der Waals surface area (Å²) < 4.78 is 0. The summed E-state index contributed by atoms with van der Waals surface area (Å²) in [5, 5.41) is 7.66. The number of fused-ring (bicyclic) bond motifs is 12. The van der Waals surface area contributed by atoms with E-state index < -0.39 is 0 Å². The van der Waals surface area contributed by atoms with E-state index in [0.717, 1.165) is 17.1 Å². The van der Waals surface area contributed by atoms with Gasteiger partial charge in [0.1, 0.15) is 0 Å². The SMILES string of the molecule is CC1(C)c2ccccc2-c2ccc(N(c3ccc4c(c3)C(C)(c3ccccc3)c3cccc(-c5ccccc5)c3-4)c3ccc4c5ccccc5c5ccccc5c4c3)cc21. The van der Waals surface area contributed by atoms with Crippen LogP contribution in [0.5, 0.6) is 0 Å². The van der Waals surface area contributed by atoms with Crippen LogP contribution in [-0.4, -0.2) is 0 Å². The topological polar surface area (TPSA) is 3.24 Å². The molecule has 0 fully saturated rings. The third-order valence-electron chi connectivity index (χ3n) is 13.9. The van der Waals surface area contributed by atoms with E-state index in [-0.39, 0.29) is 10.8 Å². The second-order valence-electron chi connectivity index (χ2n) is 17.4. The van der Waals surface area contributed by atoms with Crippen molar-refractivity contribution in [3.63, 3.8) is 0 Å². The van der Waals surface area contributed by atoms with Gasteiger partial charge in [0.15, 0.2) is 0 Å². The Kier molecular flexibility index (Phi) is 7.47. The van der Waals surface area contributed by atoms with Gasteiger partial charge in [0.2, 0.25) is 0 Å². The first-order valence-electron chi connectivity index (χ1n) is 21.2. The maximum atomic E-state index is 2.51. The Morgan fingerprint density at radius 2 is 0.800 bits per heavy atom. The van der Waals surface area contributed by atoms with Crippen LogP contribution in [0.25, 0.3) is 65.7 Å². The summed E-state index contributed by atoms with van der Waals surface area (Å²) in [6.07, 6.45) is 0. The zero-order valence-electron chi connectivity index (χ0n) is 34.1. The van der Waals surface area contributed by atoms with Crippen LogP contribution in [0.2, 0.25) is 0 Å². The fourth-order valence-corrected chi connectivity index (χ4v) is 11.0. The van der Waals surface area contributed by atoms with Gasteiger partial charge in [-0.3, -0.25) is 0 Å². The fraction of sp³-hybridized carbons (Fsp3) is 0.0847. The Labute approximate surface area is 351 Å². The summed E-state index contributed by atoms with van der Waals surface area (Å²) in [6.45, 7) is 7.18. The number of hydrogen-bond donors (Lipinski definition) is 0. The Hall–Kier alpha value is -7.22. The molecule has 10 aromatic carbocycles. The van der Waals surface area contributed by atoms with E-state index in [0.29, 0.717) is 0 Å². The highest BCUT2D eigenvalue weighted by Crippen LogP contribution is 2.57. The lowest BCUT2D eigenvalue weighted by atomic mass is 9.74. The van der Waals surface area contributed by atoms with Crippen molar-refractivity contribution in [1.82, 2.24) is 0 Å². The predicted octanol–water partition coefficient (Wildman–Crippen LogP) is 15.9. The molecule has 0 spiro atoms. The highest BCUT2D eigenvalue weighted by molar-refractivity contribution is 6.25. The van der Waals surface area contributed by atoms with Gasteiger partial charge in [-0.1, -0.05) is 184 Å². The molecule has 1 heteroatoms. The Morgan fingerprint density at radius 1 is 0.317 bits per heavy atom. The minimum atomic E-state index is -0.377. The van der Waals surface area contributed by atoms with Crippen molar-refractivity contribution >= 4 is 49.4 Å². The van der Waals surface area contributed by atoms with Crippen molar-refractivity contribution in [2.45, 2.75) is 31.6 Å². The smallest absolute Gasteiger partial charge is 0.0468 e. The molecule has 0 saturated heterocycles. The molecule has 0 aromatic heterocycles. The van der Waals surface area contributed by atoms with Crippen LogP contribution in [0.1, 0.15) is 48.6 Å². The number of hydrogen-bond acceptors (Lipinski definition) is 1. The van der Waals surface area contributed by atoms with Crippen molar-refractivity contribution in [1.29, 1.82) is 0 Å². The van der Waals surface area contributed by atoms with Gasteiger partial charge in [0, 0.05) is 27.9 Å². The average Bonchev–Trinajstić information content (AvgIpc) is 3.70. The summed E-state index contributed by atoms with van der Waals surface area (Å²) in [5.74, 6) is 0. The van der Waals surface area contributed by atoms with E-state index in [1.165, 1.54) is 93.5 Å². The van der Waals surface area contributed by atoms with E-state index in [9.17, 15) is 0 Å². The summed E-state index contributed by atoms with van der Waals surface area (Å²) >= 11 is 0. The fourth-order valence-electron chi connectivity index (χ4n) is 11.0. The van der Waals surface area contributed by atoms with Gasteiger partial charge in [-0.15, -0.1) is 0 Å². The molecular formula is C59H43N. The quantitative estimate of drug-likeness (QED) is 0.158. The van der Waals surface area contributed by atoms with Crippen LogP contribution in [0.4, 0.5) is 17.1 Å². The van der Waals surface area contributed by atoms with Crippen molar-refractivity contribution < 1.29 is 0 Å². The minimum absolute atomic E-state index is 0.134. The highest BCUT2D eigenvalue weighted by Gasteiger charge is 2.43. The van der Waals surface area contributed by atoms with Crippen molar-refractivity contribution in [2.24, 2.45) is 0 Å². The first-order chi connectivity index (χ1) is 29.4. The number of rotatable bonds is 5. The molecule has 2 aliphatic carbocycles. The molecule has 1 atom stereocenters. The Bertz CT molecular complexity index is 3320. The molecule has 2 aliphatic rings. The molecule has 0 amide bonds. The average molecular weight is 766 g/mol. The standard InChI is InChI=1S/C59H43N/c1-58(2)53-27-15-14-25-49(53)50-33-30-41(36-55(50)58)60(40-29-32-48-46-23-11-10-21-44(46)45-22-12-13-24-47(45)52(48)35-40)42-31-34-51-56(37-42)59(3,39-19-8-5-9-20-39)54-28-16-26-43(57(51)54)38-17-6-4-7-18-38/h4-37H,1-3H3. The first-order valence-corrected chi connectivity index (χ1v) is 21.2. The van der Waals surface area contributed by atoms with E-state index in [4.69, 9.17) is 0 Å². The van der Waals surface area contributed by atoms with Crippen LogP contribution in [0, 0.1) is 0 Å². The van der Waals surface area contributed by atoms with Gasteiger partial charge in [0.25, 0.3) is 0 Å². The Balaban J connectivity index is 1.13. The number of anilines is 3. The molecule has 10 aromatic rings. The summed E-state index contributed by atoms with van der Waals surface area (Å²) in [4.78, 5) is 2.51. The van der Waals surface area contributed by atoms with Crippen LogP contribution >= 0.6 is 0 Å². The minimum Gasteiger partial charge on any atom is -0.310 e. The van der Waals surface area contributed by atoms with Gasteiger partial charge in [-0.25, -0.2) is 0 Å². The molecule has 0 heterocycles. The zero-order chi connectivity index (χ0) is 40.2. The maximum absolute atomic E-state index is 2.51. The zero-order valence-corrected chi connectivity index (χ0v) is 34.1. The van der Waals surface area contributed by atoms with Crippen molar-refractivity contribution in [3.8, 4) is 33.4 Å². The molecule has 0 N–H and O–H groups in total. The largest absolute Gasteiger partial charge is 0.310 e. The molecule has 284 valence electrons. The van der Waals surface area contributed by atoms with Crippen LogP contribution in [0.3, 0.4) is 0 Å². The lowest BCUT2D eigenvalue weighted by molar-refractivity contribution is 0.660. The van der Waals surface area contributed by atoms with E-state index >= 15 is 0 Å². The van der Waals surface area contributed by atoms with Crippen LogP contribution in [-0.2, 0) is 10.8 Å². The monoisotopic (exact) mass is 765 g/mol. The summed E-state index contributed by atoms with van der Waals surface area (Å²) in [5.41, 5.74) is 17.4. The van der Waals surface area contributed by atoms with Gasteiger partial charge in [0.05, 0.1) is 0 Å². The first kappa shape index (κ1) is 34.8. The molecule has 0 aliphatic heterocycles. The van der Waals surface area contributed by atoms with E-state index in [2.05, 4.69) is 232 Å². The van der Waals surface area contributed by atoms with Crippen molar-refractivity contribution in [2.75, 3.05) is 4.90 Å². The highest BCUT2D eigenvalue weighted by atomic mass is 15.1. The van der Waals surface area contributed by atoms with Gasteiger partial charge in [-0.2, -0.15) is 0 Å². The molecule has 0 radical (unpaired) electrons. The molecule has 12 rings (SSSR count). The van der Waals surface area contributed by atoms with E-state index in [1.807, 2.05) is 0 Å². The molecule has 1 nitrogen and oxygen atoms in total. The third kappa shape index (κ3) is 4.87. The lowest BCUT2D eigenvalue weighted by Gasteiger charge is -2.31. The van der Waals surface area contributed by atoms with Gasteiger partial charge >= 0.3 is 0 Å². The molecule has 1 unspecified atom stereocenters. The predicted molar refractivity (Wildman–Crippen MR) is 254 cm³/mol. The van der Waals surface area contributed by atoms with E-state index in [1.54, 1.807) is 0 Å². The number of benzene rings is 10. The summed E-state index contributed by atoms with van der Waals surface area (Å²) in [7, 11) is 0. The lowest BCUT2D eigenvalue weighted by Crippen LogP contribution is -2.23. The normalized spacial score (nSPS) is 15.8. The molecular weight excluding hydrogens is 723 g/mol. The summed E-state index contributed by atoms with van der Waals surface area (Å²) in [6, 6.07) is 77.1. The van der Waals surface area contributed by atoms with Crippen LogP contribution < -0.4 is 4.90 Å². The van der Waals surface area contributed by atoms with Gasteiger partial charge in [-0.05, 0) is 137 Å². The molecule has 0 bridgehead atoms. The number of nitrogens with zero attached hydrogens (tertiary/aromatic N) is 1. The molecule has 0 saturated carbocycles. The second kappa shape index (κ2) is 12.9. The molecule has 60 heavy (non-hydrogen) atoms. The van der Waals surface area contributed by atoms with Crippen molar-refractivity contribution in [3.05, 3.63) is 234 Å². The maximum Gasteiger partial charge on any atom is 0.0468 e. The Morgan fingerprint density at radius 3 is 1.50 bits per heavy atom.